The van der Waals surface area contributed by atoms with Gasteiger partial charge < -0.3 is 9.64 Å². The molecule has 0 bridgehead atoms. The van der Waals surface area contributed by atoms with Crippen LogP contribution in [0.2, 0.25) is 5.02 Å². The molecule has 2 rings (SSSR count). The van der Waals surface area contributed by atoms with Crippen molar-refractivity contribution in [3.63, 3.8) is 0 Å². The van der Waals surface area contributed by atoms with E-state index < -0.39 is 15.8 Å². The number of benzene rings is 2. The number of halogens is 1. The summed E-state index contributed by atoms with van der Waals surface area (Å²) in [6.45, 7) is -0.356. The van der Waals surface area contributed by atoms with Gasteiger partial charge in [-0.2, -0.15) is 0 Å². The minimum atomic E-state index is -0.594. The fraction of sp³-hybridized carbons (Fsp3) is 0.133. The number of ether oxygens (including phenoxy) is 1. The predicted octanol–water partition coefficient (Wildman–Crippen LogP) is 3.20. The van der Waals surface area contributed by atoms with Crippen molar-refractivity contribution in [2.75, 3.05) is 18.6 Å². The lowest BCUT2D eigenvalue weighted by molar-refractivity contribution is -0.385. The largest absolute Gasteiger partial charge is 0.482 e. The SMILES string of the molecule is CN(C(=O)COc1ccc([N+](=O)[O-])cc1Cl)c1ccc([N+](=O)[O-])cc1. The zero-order valence-electron chi connectivity index (χ0n) is 12.9. The molecule has 0 unspecified atom stereocenters. The quantitative estimate of drug-likeness (QED) is 0.573. The summed E-state index contributed by atoms with van der Waals surface area (Å²) in [4.78, 5) is 33.5. The zero-order valence-corrected chi connectivity index (χ0v) is 13.7. The average Bonchev–Trinajstić information content (AvgIpc) is 2.59. The van der Waals surface area contributed by atoms with Crippen LogP contribution in [-0.2, 0) is 4.79 Å². The smallest absolute Gasteiger partial charge is 0.271 e. The number of anilines is 1. The Morgan fingerprint density at radius 3 is 2.16 bits per heavy atom. The fourth-order valence-corrected chi connectivity index (χ4v) is 2.13. The number of carbonyl (C=O) groups excluding carboxylic acids is 1. The van der Waals surface area contributed by atoms with Crippen LogP contribution in [0, 0.1) is 20.2 Å². The molecule has 9 nitrogen and oxygen atoms in total. The molecule has 0 saturated heterocycles. The molecule has 0 aliphatic heterocycles. The molecule has 0 aliphatic rings. The summed E-state index contributed by atoms with van der Waals surface area (Å²) in [5.74, 6) is -0.291. The third kappa shape index (κ3) is 4.42. The normalized spacial score (nSPS) is 10.2. The van der Waals surface area contributed by atoms with Crippen LogP contribution >= 0.6 is 11.6 Å². The number of rotatable bonds is 6. The Bertz CT molecular complexity index is 825. The van der Waals surface area contributed by atoms with Crippen LogP contribution in [-0.4, -0.2) is 29.4 Å². The molecule has 130 valence electrons. The van der Waals surface area contributed by atoms with Crippen LogP contribution in [0.3, 0.4) is 0 Å². The van der Waals surface area contributed by atoms with Crippen LogP contribution in [0.15, 0.2) is 42.5 Å². The van der Waals surface area contributed by atoms with Gasteiger partial charge in [-0.3, -0.25) is 25.0 Å². The number of likely N-dealkylation sites (N-methyl/N-ethyl adjacent to an activating group) is 1. The van der Waals surface area contributed by atoms with Crippen LogP contribution in [0.4, 0.5) is 17.1 Å². The van der Waals surface area contributed by atoms with Crippen molar-refractivity contribution in [3.05, 3.63) is 67.7 Å². The molecule has 2 aromatic carbocycles. The summed E-state index contributed by atoms with van der Waals surface area (Å²) in [7, 11) is 1.49. The highest BCUT2D eigenvalue weighted by Crippen LogP contribution is 2.28. The van der Waals surface area contributed by atoms with Gasteiger partial charge in [0, 0.05) is 37.0 Å². The third-order valence-corrected chi connectivity index (χ3v) is 3.59. The first-order valence-electron chi connectivity index (χ1n) is 6.87. The highest BCUT2D eigenvalue weighted by Gasteiger charge is 2.15. The lowest BCUT2D eigenvalue weighted by Crippen LogP contribution is -2.31. The number of carbonyl (C=O) groups is 1. The van der Waals surface area contributed by atoms with E-state index in [1.807, 2.05) is 0 Å². The minimum Gasteiger partial charge on any atom is -0.482 e. The molecule has 1 amide bonds. The molecular formula is C15H12ClN3O6. The van der Waals surface area contributed by atoms with Crippen molar-refractivity contribution in [1.29, 1.82) is 0 Å². The number of non-ortho nitro benzene ring substituents is 2. The average molecular weight is 366 g/mol. The molecule has 0 radical (unpaired) electrons. The Kier molecular flexibility index (Phi) is 5.50. The topological polar surface area (TPSA) is 116 Å². The van der Waals surface area contributed by atoms with Crippen molar-refractivity contribution >= 4 is 34.6 Å². The van der Waals surface area contributed by atoms with Gasteiger partial charge in [-0.05, 0) is 18.2 Å². The summed E-state index contributed by atoms with van der Waals surface area (Å²) in [6.07, 6.45) is 0. The Labute approximate surface area is 146 Å². The van der Waals surface area contributed by atoms with Crippen molar-refractivity contribution in [1.82, 2.24) is 0 Å². The Hall–Kier alpha value is -3.20. The van der Waals surface area contributed by atoms with E-state index in [1.54, 1.807) is 0 Å². The second-order valence-electron chi connectivity index (χ2n) is 4.89. The molecule has 10 heteroatoms. The molecule has 0 aliphatic carbocycles. The van der Waals surface area contributed by atoms with E-state index >= 15 is 0 Å². The van der Waals surface area contributed by atoms with E-state index in [0.717, 1.165) is 6.07 Å². The van der Waals surface area contributed by atoms with Gasteiger partial charge in [0.05, 0.1) is 14.9 Å². The number of nitro groups is 2. The summed E-state index contributed by atoms with van der Waals surface area (Å²) >= 11 is 5.88. The second kappa shape index (κ2) is 7.58. The summed E-state index contributed by atoms with van der Waals surface area (Å²) < 4.78 is 5.28. The Morgan fingerprint density at radius 1 is 1.08 bits per heavy atom. The van der Waals surface area contributed by atoms with Crippen LogP contribution in [0.25, 0.3) is 0 Å². The molecule has 0 spiro atoms. The second-order valence-corrected chi connectivity index (χ2v) is 5.29. The van der Waals surface area contributed by atoms with E-state index in [4.69, 9.17) is 16.3 Å². The van der Waals surface area contributed by atoms with E-state index in [-0.39, 0.29) is 28.8 Å². The monoisotopic (exact) mass is 365 g/mol. The number of nitro benzene ring substituents is 2. The Morgan fingerprint density at radius 2 is 1.64 bits per heavy atom. The van der Waals surface area contributed by atoms with Gasteiger partial charge >= 0.3 is 0 Å². The molecule has 0 saturated carbocycles. The van der Waals surface area contributed by atoms with Gasteiger partial charge in [-0.15, -0.1) is 0 Å². The van der Waals surface area contributed by atoms with Gasteiger partial charge in [0.15, 0.2) is 6.61 Å². The van der Waals surface area contributed by atoms with Gasteiger partial charge in [0.2, 0.25) is 0 Å². The number of hydrogen-bond acceptors (Lipinski definition) is 6. The third-order valence-electron chi connectivity index (χ3n) is 3.30. The van der Waals surface area contributed by atoms with Crippen LogP contribution in [0.5, 0.6) is 5.75 Å². The first kappa shape index (κ1) is 18.1. The molecule has 0 atom stereocenters. The first-order valence-corrected chi connectivity index (χ1v) is 7.25. The van der Waals surface area contributed by atoms with Gasteiger partial charge in [-0.25, -0.2) is 0 Å². The molecule has 0 aromatic heterocycles. The van der Waals surface area contributed by atoms with E-state index in [0.29, 0.717) is 5.69 Å². The fourth-order valence-electron chi connectivity index (χ4n) is 1.90. The van der Waals surface area contributed by atoms with Crippen molar-refractivity contribution in [2.24, 2.45) is 0 Å². The Balaban J connectivity index is 2.02. The van der Waals surface area contributed by atoms with Crippen molar-refractivity contribution in [2.45, 2.75) is 0 Å². The lowest BCUT2D eigenvalue weighted by atomic mass is 10.2. The highest BCUT2D eigenvalue weighted by molar-refractivity contribution is 6.32. The van der Waals surface area contributed by atoms with Crippen molar-refractivity contribution in [3.8, 4) is 5.75 Å². The molecule has 0 N–H and O–H groups in total. The predicted molar refractivity (Wildman–Crippen MR) is 90.1 cm³/mol. The lowest BCUT2D eigenvalue weighted by Gasteiger charge is -2.17. The highest BCUT2D eigenvalue weighted by atomic mass is 35.5. The molecule has 2 aromatic rings. The van der Waals surface area contributed by atoms with Crippen LogP contribution < -0.4 is 9.64 Å². The standard InChI is InChI=1S/C15H12ClN3O6/c1-17(10-2-4-11(5-3-10)18(21)22)15(20)9-25-14-7-6-12(19(23)24)8-13(14)16/h2-8H,9H2,1H3. The summed E-state index contributed by atoms with van der Waals surface area (Å²) in [6, 6.07) is 9.09. The molecule has 0 heterocycles. The maximum Gasteiger partial charge on any atom is 0.271 e. The number of nitrogens with zero attached hydrogens (tertiary/aromatic N) is 3. The van der Waals surface area contributed by atoms with Crippen LogP contribution in [0.1, 0.15) is 0 Å². The van der Waals surface area contributed by atoms with Gasteiger partial charge in [0.1, 0.15) is 5.75 Å². The van der Waals surface area contributed by atoms with E-state index in [9.17, 15) is 25.0 Å². The molecular weight excluding hydrogens is 354 g/mol. The van der Waals surface area contributed by atoms with E-state index in [2.05, 4.69) is 0 Å². The first-order chi connectivity index (χ1) is 11.8. The van der Waals surface area contributed by atoms with Crippen molar-refractivity contribution < 1.29 is 19.4 Å². The zero-order chi connectivity index (χ0) is 18.6. The number of hydrogen-bond donors (Lipinski definition) is 0. The maximum atomic E-state index is 12.1. The maximum absolute atomic E-state index is 12.1. The number of amides is 1. The van der Waals surface area contributed by atoms with Gasteiger partial charge in [-0.1, -0.05) is 11.6 Å². The summed E-state index contributed by atoms with van der Waals surface area (Å²) in [5.41, 5.74) is 0.180. The summed E-state index contributed by atoms with van der Waals surface area (Å²) in [5, 5.41) is 21.3. The van der Waals surface area contributed by atoms with E-state index in [1.165, 1.54) is 48.3 Å². The molecule has 25 heavy (non-hydrogen) atoms. The molecule has 0 fully saturated rings. The minimum absolute atomic E-state index is 0.0139. The van der Waals surface area contributed by atoms with Gasteiger partial charge in [0.25, 0.3) is 17.3 Å².